The smallest absolute Gasteiger partial charge is 0.232 e. The second kappa shape index (κ2) is 3.90. The predicted octanol–water partition coefficient (Wildman–Crippen LogP) is 2.25. The van der Waals surface area contributed by atoms with Crippen LogP contribution < -0.4 is 15.0 Å². The van der Waals surface area contributed by atoms with Crippen molar-refractivity contribution in [1.29, 1.82) is 0 Å². The molecule has 1 aromatic rings. The van der Waals surface area contributed by atoms with Crippen LogP contribution in [0.4, 0.5) is 11.4 Å². The molecule has 4 heteroatoms. The minimum Gasteiger partial charge on any atom is -0.494 e. The zero-order valence-electron chi connectivity index (χ0n) is 10.8. The van der Waals surface area contributed by atoms with E-state index < -0.39 is 0 Å². The van der Waals surface area contributed by atoms with Crippen molar-refractivity contribution < 1.29 is 9.53 Å². The number of fused-ring (bicyclic) bond motifs is 1. The van der Waals surface area contributed by atoms with E-state index in [4.69, 9.17) is 4.74 Å². The third kappa shape index (κ3) is 1.48. The molecule has 2 aliphatic rings. The number of anilines is 2. The molecule has 1 N–H and O–H groups in total. The van der Waals surface area contributed by atoms with Crippen molar-refractivity contribution in [2.75, 3.05) is 30.9 Å². The fourth-order valence-electron chi connectivity index (χ4n) is 2.98. The maximum absolute atomic E-state index is 12.4. The highest BCUT2D eigenvalue weighted by molar-refractivity contribution is 6.02. The number of para-hydroxylation sites is 1. The summed E-state index contributed by atoms with van der Waals surface area (Å²) >= 11 is 0. The summed E-state index contributed by atoms with van der Waals surface area (Å²) in [4.78, 5) is 14.6. The van der Waals surface area contributed by atoms with Crippen LogP contribution in [0.5, 0.6) is 5.75 Å². The Morgan fingerprint density at radius 2 is 2.17 bits per heavy atom. The molecule has 1 amide bonds. The van der Waals surface area contributed by atoms with Gasteiger partial charge in [-0.1, -0.05) is 12.5 Å². The summed E-state index contributed by atoms with van der Waals surface area (Å²) in [7, 11) is 3.67. The zero-order chi connectivity index (χ0) is 12.8. The second-order valence-electron chi connectivity index (χ2n) is 5.30. The Hall–Kier alpha value is -1.71. The molecular weight excluding hydrogens is 228 g/mol. The van der Waals surface area contributed by atoms with E-state index >= 15 is 0 Å². The van der Waals surface area contributed by atoms with Gasteiger partial charge < -0.3 is 15.0 Å². The zero-order valence-corrected chi connectivity index (χ0v) is 10.8. The first-order valence-electron chi connectivity index (χ1n) is 6.36. The third-order valence-electron chi connectivity index (χ3n) is 4.21. The number of carbonyl (C=O) groups excluding carboxylic acids is 1. The molecule has 0 aromatic heterocycles. The van der Waals surface area contributed by atoms with Crippen molar-refractivity contribution in [2.24, 2.45) is 5.41 Å². The van der Waals surface area contributed by atoms with Gasteiger partial charge in [-0.2, -0.15) is 0 Å². The number of methoxy groups -OCH3 is 1. The van der Waals surface area contributed by atoms with Crippen LogP contribution in [-0.4, -0.2) is 26.6 Å². The first kappa shape index (κ1) is 11.4. The van der Waals surface area contributed by atoms with E-state index in [0.29, 0.717) is 0 Å². The Morgan fingerprint density at radius 1 is 1.39 bits per heavy atom. The van der Waals surface area contributed by atoms with Crippen molar-refractivity contribution in [3.05, 3.63) is 18.2 Å². The number of amides is 1. The molecule has 1 heterocycles. The molecule has 1 aliphatic carbocycles. The summed E-state index contributed by atoms with van der Waals surface area (Å²) in [6.45, 7) is 0.791. The summed E-state index contributed by atoms with van der Waals surface area (Å²) in [5, 5.41) is 3.06. The van der Waals surface area contributed by atoms with Crippen LogP contribution in [0.15, 0.2) is 18.2 Å². The van der Waals surface area contributed by atoms with Gasteiger partial charge in [-0.25, -0.2) is 0 Å². The topological polar surface area (TPSA) is 41.6 Å². The number of nitrogens with zero attached hydrogens (tertiary/aromatic N) is 1. The number of hydrogen-bond donors (Lipinski definition) is 1. The van der Waals surface area contributed by atoms with Gasteiger partial charge in [0.1, 0.15) is 11.4 Å². The molecule has 18 heavy (non-hydrogen) atoms. The summed E-state index contributed by atoms with van der Waals surface area (Å²) < 4.78 is 5.34. The quantitative estimate of drug-likeness (QED) is 0.826. The Kier molecular flexibility index (Phi) is 2.47. The van der Waals surface area contributed by atoms with Crippen LogP contribution >= 0.6 is 0 Å². The van der Waals surface area contributed by atoms with E-state index in [2.05, 4.69) is 10.2 Å². The van der Waals surface area contributed by atoms with Gasteiger partial charge in [0.2, 0.25) is 5.91 Å². The highest BCUT2D eigenvalue weighted by atomic mass is 16.5. The summed E-state index contributed by atoms with van der Waals surface area (Å²) in [5.41, 5.74) is 1.64. The summed E-state index contributed by atoms with van der Waals surface area (Å²) in [6, 6.07) is 5.86. The molecule has 0 bridgehead atoms. The largest absolute Gasteiger partial charge is 0.494 e. The van der Waals surface area contributed by atoms with Gasteiger partial charge in [0.15, 0.2) is 0 Å². The Morgan fingerprint density at radius 3 is 2.78 bits per heavy atom. The minimum atomic E-state index is -0.196. The highest BCUT2D eigenvalue weighted by Gasteiger charge is 2.47. The Balaban J connectivity index is 2.06. The molecule has 1 aliphatic heterocycles. The van der Waals surface area contributed by atoms with Gasteiger partial charge in [0.05, 0.1) is 18.2 Å². The van der Waals surface area contributed by atoms with Gasteiger partial charge in [-0.15, -0.1) is 0 Å². The molecule has 1 aromatic carbocycles. The lowest BCUT2D eigenvalue weighted by Gasteiger charge is -2.40. The molecule has 96 valence electrons. The molecule has 0 radical (unpaired) electrons. The maximum atomic E-state index is 12.4. The molecule has 0 saturated heterocycles. The van der Waals surface area contributed by atoms with Gasteiger partial charge >= 0.3 is 0 Å². The van der Waals surface area contributed by atoms with Gasteiger partial charge in [-0.05, 0) is 25.0 Å². The van der Waals surface area contributed by atoms with Gasteiger partial charge in [0.25, 0.3) is 0 Å². The standard InChI is InChI=1S/C14H18N2O2/c1-16-9-14(7-4-8-14)13(17)15-12-10(16)5-3-6-11(12)18-2/h3,5-6H,4,7-9H2,1-2H3,(H,15,17). The van der Waals surface area contributed by atoms with E-state index in [-0.39, 0.29) is 11.3 Å². The minimum absolute atomic E-state index is 0.142. The summed E-state index contributed by atoms with van der Waals surface area (Å²) in [5.74, 6) is 0.868. The molecule has 0 unspecified atom stereocenters. The average molecular weight is 246 g/mol. The van der Waals surface area contributed by atoms with Crippen molar-refractivity contribution in [1.82, 2.24) is 0 Å². The Bertz CT molecular complexity index is 495. The number of hydrogen-bond acceptors (Lipinski definition) is 3. The van der Waals surface area contributed by atoms with Gasteiger partial charge in [0, 0.05) is 13.6 Å². The Labute approximate surface area is 107 Å². The van der Waals surface area contributed by atoms with Crippen LogP contribution in [-0.2, 0) is 4.79 Å². The number of nitrogens with one attached hydrogen (secondary N) is 1. The normalized spacial score (nSPS) is 20.8. The van der Waals surface area contributed by atoms with Crippen LogP contribution in [0.2, 0.25) is 0 Å². The average Bonchev–Trinajstić information content (AvgIpc) is 2.44. The number of benzene rings is 1. The lowest BCUT2D eigenvalue weighted by Crippen LogP contribution is -2.47. The molecule has 1 spiro atoms. The SMILES string of the molecule is COc1cccc2c1NC(=O)C1(CCC1)CN2C. The highest BCUT2D eigenvalue weighted by Crippen LogP contribution is 2.47. The van der Waals surface area contributed by atoms with E-state index in [0.717, 1.165) is 42.9 Å². The lowest BCUT2D eigenvalue weighted by molar-refractivity contribution is -0.129. The first-order chi connectivity index (χ1) is 8.66. The van der Waals surface area contributed by atoms with E-state index in [9.17, 15) is 4.79 Å². The molecular formula is C14H18N2O2. The first-order valence-corrected chi connectivity index (χ1v) is 6.36. The molecule has 3 rings (SSSR count). The van der Waals surface area contributed by atoms with Gasteiger partial charge in [-0.3, -0.25) is 4.79 Å². The van der Waals surface area contributed by atoms with Crippen LogP contribution in [0.1, 0.15) is 19.3 Å². The van der Waals surface area contributed by atoms with Crippen molar-refractivity contribution >= 4 is 17.3 Å². The van der Waals surface area contributed by atoms with Crippen molar-refractivity contribution in [2.45, 2.75) is 19.3 Å². The van der Waals surface area contributed by atoms with Crippen molar-refractivity contribution in [3.63, 3.8) is 0 Å². The molecule has 4 nitrogen and oxygen atoms in total. The number of ether oxygens (including phenoxy) is 1. The third-order valence-corrected chi connectivity index (χ3v) is 4.21. The maximum Gasteiger partial charge on any atom is 0.232 e. The van der Waals surface area contributed by atoms with E-state index in [1.807, 2.05) is 25.2 Å². The number of carbonyl (C=O) groups is 1. The molecule has 1 saturated carbocycles. The van der Waals surface area contributed by atoms with Crippen LogP contribution in [0, 0.1) is 5.41 Å². The monoisotopic (exact) mass is 246 g/mol. The predicted molar refractivity (Wildman–Crippen MR) is 71.2 cm³/mol. The van der Waals surface area contributed by atoms with Crippen molar-refractivity contribution in [3.8, 4) is 5.75 Å². The molecule has 0 atom stereocenters. The van der Waals surface area contributed by atoms with Crippen LogP contribution in [0.3, 0.4) is 0 Å². The fraction of sp³-hybridized carbons (Fsp3) is 0.500. The fourth-order valence-corrected chi connectivity index (χ4v) is 2.98. The number of rotatable bonds is 1. The van der Waals surface area contributed by atoms with Crippen LogP contribution in [0.25, 0.3) is 0 Å². The summed E-state index contributed by atoms with van der Waals surface area (Å²) in [6.07, 6.45) is 3.12. The molecule has 1 fully saturated rings. The van der Waals surface area contributed by atoms with E-state index in [1.165, 1.54) is 0 Å². The lowest BCUT2D eigenvalue weighted by atomic mass is 9.68. The van der Waals surface area contributed by atoms with E-state index in [1.54, 1.807) is 7.11 Å². The second-order valence-corrected chi connectivity index (χ2v) is 5.30.